The Morgan fingerprint density at radius 2 is 1.79 bits per heavy atom. The summed E-state index contributed by atoms with van der Waals surface area (Å²) in [4.78, 5) is 33.9. The molecule has 3 unspecified atom stereocenters. The standard InChI is InChI=1S/C12H23N3O4/c1-4-6-8(11(17)18)14-10(16)9(7(3)5-2)15-12(13)19/h7-9H,4-6H2,1-3H3,(H,14,16)(H,17,18)(H3,13,15,19). The number of primary amides is 1. The molecule has 0 saturated carbocycles. The van der Waals surface area contributed by atoms with Crippen LogP contribution in [0.2, 0.25) is 0 Å². The van der Waals surface area contributed by atoms with Gasteiger partial charge in [-0.05, 0) is 12.3 Å². The fraction of sp³-hybridized carbons (Fsp3) is 0.750. The highest BCUT2D eigenvalue weighted by Gasteiger charge is 2.28. The number of aliphatic carboxylic acids is 1. The lowest BCUT2D eigenvalue weighted by Gasteiger charge is -2.24. The lowest BCUT2D eigenvalue weighted by molar-refractivity contribution is -0.142. The van der Waals surface area contributed by atoms with Crippen LogP contribution in [0.3, 0.4) is 0 Å². The monoisotopic (exact) mass is 273 g/mol. The molecular formula is C12H23N3O4. The van der Waals surface area contributed by atoms with Crippen LogP contribution in [0.4, 0.5) is 4.79 Å². The SMILES string of the molecule is CCCC(NC(=O)C(NC(N)=O)C(C)CC)C(=O)O. The molecule has 3 amide bonds. The Labute approximate surface area is 112 Å². The molecule has 110 valence electrons. The van der Waals surface area contributed by atoms with E-state index in [0.717, 1.165) is 0 Å². The summed E-state index contributed by atoms with van der Waals surface area (Å²) in [5, 5.41) is 13.8. The van der Waals surface area contributed by atoms with Crippen LogP contribution in [0.25, 0.3) is 0 Å². The molecule has 0 rings (SSSR count). The van der Waals surface area contributed by atoms with Gasteiger partial charge in [0.25, 0.3) is 0 Å². The molecule has 0 bridgehead atoms. The number of carboxylic acids is 1. The maximum Gasteiger partial charge on any atom is 0.326 e. The Morgan fingerprint density at radius 1 is 1.21 bits per heavy atom. The summed E-state index contributed by atoms with van der Waals surface area (Å²) in [6.07, 6.45) is 1.63. The van der Waals surface area contributed by atoms with Crippen LogP contribution < -0.4 is 16.4 Å². The van der Waals surface area contributed by atoms with E-state index in [4.69, 9.17) is 10.8 Å². The van der Waals surface area contributed by atoms with Gasteiger partial charge < -0.3 is 21.5 Å². The fourth-order valence-corrected chi connectivity index (χ4v) is 1.66. The highest BCUT2D eigenvalue weighted by molar-refractivity contribution is 5.89. The molecule has 0 aliphatic rings. The Bertz CT molecular complexity index is 333. The zero-order valence-electron chi connectivity index (χ0n) is 11.6. The Balaban J connectivity index is 4.78. The molecule has 0 heterocycles. The van der Waals surface area contributed by atoms with Crippen molar-refractivity contribution in [3.63, 3.8) is 0 Å². The van der Waals surface area contributed by atoms with E-state index in [2.05, 4.69) is 10.6 Å². The fourth-order valence-electron chi connectivity index (χ4n) is 1.66. The molecule has 0 aromatic heterocycles. The third kappa shape index (κ3) is 6.08. The van der Waals surface area contributed by atoms with Crippen molar-refractivity contribution < 1.29 is 19.5 Å². The van der Waals surface area contributed by atoms with Crippen LogP contribution in [0.1, 0.15) is 40.0 Å². The molecule has 5 N–H and O–H groups in total. The van der Waals surface area contributed by atoms with Gasteiger partial charge in [0.1, 0.15) is 12.1 Å². The van der Waals surface area contributed by atoms with Gasteiger partial charge in [-0.2, -0.15) is 0 Å². The summed E-state index contributed by atoms with van der Waals surface area (Å²) in [5.74, 6) is -1.74. The summed E-state index contributed by atoms with van der Waals surface area (Å²) in [6, 6.07) is -2.57. The number of urea groups is 1. The second kappa shape index (κ2) is 8.34. The first kappa shape index (κ1) is 17.2. The first-order valence-electron chi connectivity index (χ1n) is 6.42. The highest BCUT2D eigenvalue weighted by Crippen LogP contribution is 2.09. The van der Waals surface area contributed by atoms with Crippen molar-refractivity contribution in [3.8, 4) is 0 Å². The summed E-state index contributed by atoms with van der Waals surface area (Å²) in [7, 11) is 0. The smallest absolute Gasteiger partial charge is 0.326 e. The molecule has 0 aliphatic carbocycles. The number of nitrogens with one attached hydrogen (secondary N) is 2. The Kier molecular flexibility index (Phi) is 7.55. The molecule has 0 aliphatic heterocycles. The van der Waals surface area contributed by atoms with Crippen LogP contribution in [0, 0.1) is 5.92 Å². The van der Waals surface area contributed by atoms with Gasteiger partial charge in [-0.3, -0.25) is 4.79 Å². The van der Waals surface area contributed by atoms with Crippen molar-refractivity contribution in [3.05, 3.63) is 0 Å². The van der Waals surface area contributed by atoms with Crippen LogP contribution in [0.5, 0.6) is 0 Å². The minimum Gasteiger partial charge on any atom is -0.480 e. The minimum atomic E-state index is -1.09. The zero-order valence-corrected chi connectivity index (χ0v) is 11.6. The van der Waals surface area contributed by atoms with E-state index in [9.17, 15) is 14.4 Å². The third-order valence-electron chi connectivity index (χ3n) is 2.99. The van der Waals surface area contributed by atoms with E-state index in [1.165, 1.54) is 0 Å². The average molecular weight is 273 g/mol. The van der Waals surface area contributed by atoms with Gasteiger partial charge in [0.2, 0.25) is 5.91 Å². The Hall–Kier alpha value is -1.79. The zero-order chi connectivity index (χ0) is 15.0. The van der Waals surface area contributed by atoms with Gasteiger partial charge in [0.05, 0.1) is 0 Å². The van der Waals surface area contributed by atoms with Crippen molar-refractivity contribution in [1.82, 2.24) is 10.6 Å². The van der Waals surface area contributed by atoms with Gasteiger partial charge in [-0.1, -0.05) is 33.6 Å². The number of hydrogen-bond donors (Lipinski definition) is 4. The maximum atomic E-state index is 12.0. The molecule has 7 heteroatoms. The average Bonchev–Trinajstić information content (AvgIpc) is 2.33. The molecule has 7 nitrogen and oxygen atoms in total. The first-order valence-corrected chi connectivity index (χ1v) is 6.42. The maximum absolute atomic E-state index is 12.0. The normalized spacial score (nSPS) is 15.1. The highest BCUT2D eigenvalue weighted by atomic mass is 16.4. The summed E-state index contributed by atoms with van der Waals surface area (Å²) < 4.78 is 0. The second-order valence-electron chi connectivity index (χ2n) is 4.56. The molecule has 0 fully saturated rings. The van der Waals surface area contributed by atoms with E-state index in [1.807, 2.05) is 13.8 Å². The third-order valence-corrected chi connectivity index (χ3v) is 2.99. The van der Waals surface area contributed by atoms with Gasteiger partial charge in [-0.25, -0.2) is 9.59 Å². The van der Waals surface area contributed by atoms with Crippen LogP contribution >= 0.6 is 0 Å². The van der Waals surface area contributed by atoms with Crippen LogP contribution in [0.15, 0.2) is 0 Å². The first-order chi connectivity index (χ1) is 8.83. The number of carboxylic acid groups (broad SMARTS) is 1. The van der Waals surface area contributed by atoms with Crippen molar-refractivity contribution in [1.29, 1.82) is 0 Å². The van der Waals surface area contributed by atoms with Crippen LogP contribution in [-0.4, -0.2) is 35.1 Å². The van der Waals surface area contributed by atoms with E-state index in [0.29, 0.717) is 19.3 Å². The van der Waals surface area contributed by atoms with E-state index >= 15 is 0 Å². The molecule has 0 saturated heterocycles. The van der Waals surface area contributed by atoms with Crippen molar-refractivity contribution in [2.45, 2.75) is 52.1 Å². The van der Waals surface area contributed by atoms with Crippen molar-refractivity contribution in [2.24, 2.45) is 11.7 Å². The topological polar surface area (TPSA) is 122 Å². The lowest BCUT2D eigenvalue weighted by Crippen LogP contribution is -2.55. The number of rotatable bonds is 8. The number of nitrogens with two attached hydrogens (primary N) is 1. The largest absolute Gasteiger partial charge is 0.480 e. The van der Waals surface area contributed by atoms with E-state index in [-0.39, 0.29) is 5.92 Å². The number of carbonyl (C=O) groups is 3. The number of hydrogen-bond acceptors (Lipinski definition) is 3. The number of amides is 3. The molecule has 0 aromatic rings. The van der Waals surface area contributed by atoms with Crippen LogP contribution in [-0.2, 0) is 9.59 Å². The van der Waals surface area contributed by atoms with Gasteiger partial charge >= 0.3 is 12.0 Å². The molecule has 0 aromatic carbocycles. The minimum absolute atomic E-state index is 0.136. The molecule has 3 atom stereocenters. The molecule has 0 spiro atoms. The van der Waals surface area contributed by atoms with Crippen molar-refractivity contribution in [2.75, 3.05) is 0 Å². The molecular weight excluding hydrogens is 250 g/mol. The van der Waals surface area contributed by atoms with E-state index in [1.54, 1.807) is 6.92 Å². The van der Waals surface area contributed by atoms with Gasteiger partial charge in [0, 0.05) is 0 Å². The predicted molar refractivity (Wildman–Crippen MR) is 70.4 cm³/mol. The lowest BCUT2D eigenvalue weighted by atomic mass is 9.98. The second-order valence-corrected chi connectivity index (χ2v) is 4.56. The summed E-state index contributed by atoms with van der Waals surface area (Å²) in [5.41, 5.74) is 5.03. The van der Waals surface area contributed by atoms with Gasteiger partial charge in [-0.15, -0.1) is 0 Å². The number of carbonyl (C=O) groups excluding carboxylic acids is 2. The van der Waals surface area contributed by atoms with Gasteiger partial charge in [0.15, 0.2) is 0 Å². The molecule has 0 radical (unpaired) electrons. The quantitative estimate of drug-likeness (QED) is 0.512. The summed E-state index contributed by atoms with van der Waals surface area (Å²) >= 11 is 0. The Morgan fingerprint density at radius 3 is 2.16 bits per heavy atom. The summed E-state index contributed by atoms with van der Waals surface area (Å²) in [6.45, 7) is 5.49. The molecule has 19 heavy (non-hydrogen) atoms. The predicted octanol–water partition coefficient (Wildman–Crippen LogP) is 0.439. The van der Waals surface area contributed by atoms with E-state index < -0.39 is 30.0 Å². The van der Waals surface area contributed by atoms with Crippen molar-refractivity contribution >= 4 is 17.9 Å².